The highest BCUT2D eigenvalue weighted by molar-refractivity contribution is 6.24. The second kappa shape index (κ2) is 8.68. The molecule has 1 fully saturated rings. The van der Waals surface area contributed by atoms with Crippen LogP contribution in [-0.2, 0) is 27.2 Å². The molecule has 3 aliphatic carbocycles. The number of hydrogen-bond acceptors (Lipinski definition) is 9. The molecule has 6 N–H and O–H groups in total. The van der Waals surface area contributed by atoms with Gasteiger partial charge in [0.25, 0.3) is 5.91 Å². The second-order valence-corrected chi connectivity index (χ2v) is 10.2. The van der Waals surface area contributed by atoms with E-state index in [2.05, 4.69) is 0 Å². The van der Waals surface area contributed by atoms with E-state index in [0.717, 1.165) is 0 Å². The summed E-state index contributed by atoms with van der Waals surface area (Å²) in [7, 11) is 6.68. The first-order valence-electron chi connectivity index (χ1n) is 11.6. The number of phenols is 1. The lowest BCUT2D eigenvalue weighted by molar-refractivity contribution is -0.153. The van der Waals surface area contributed by atoms with Gasteiger partial charge in [-0.05, 0) is 65.0 Å². The van der Waals surface area contributed by atoms with Crippen molar-refractivity contribution in [3.63, 3.8) is 0 Å². The Morgan fingerprint density at radius 2 is 1.83 bits per heavy atom. The van der Waals surface area contributed by atoms with Crippen LogP contribution < -0.4 is 5.73 Å². The summed E-state index contributed by atoms with van der Waals surface area (Å²) in [6.45, 7) is 0.514. The minimum absolute atomic E-state index is 0.0365. The number of likely N-dealkylation sites (N-methyl/N-ethyl adjacent to an activating group) is 2. The number of aromatic hydroxyl groups is 1. The fourth-order valence-corrected chi connectivity index (χ4v) is 5.87. The van der Waals surface area contributed by atoms with Crippen molar-refractivity contribution in [2.45, 2.75) is 30.9 Å². The first-order valence-corrected chi connectivity index (χ1v) is 11.6. The lowest BCUT2D eigenvalue weighted by Crippen LogP contribution is -2.65. The molecule has 4 rings (SSSR count). The van der Waals surface area contributed by atoms with Gasteiger partial charge in [0.05, 0.1) is 11.6 Å². The summed E-state index contributed by atoms with van der Waals surface area (Å²) >= 11 is 0. The van der Waals surface area contributed by atoms with E-state index in [9.17, 15) is 34.8 Å². The Morgan fingerprint density at radius 1 is 1.19 bits per heavy atom. The van der Waals surface area contributed by atoms with Gasteiger partial charge in [0.2, 0.25) is 5.78 Å². The highest BCUT2D eigenvalue weighted by Crippen LogP contribution is 2.53. The number of aliphatic hydroxyl groups is 3. The summed E-state index contributed by atoms with van der Waals surface area (Å²) in [6.07, 6.45) is 0.131. The maximum absolute atomic E-state index is 15.5. The molecule has 10 nitrogen and oxygen atoms in total. The zero-order valence-corrected chi connectivity index (χ0v) is 20.5. The Labute approximate surface area is 207 Å². The van der Waals surface area contributed by atoms with Crippen LogP contribution in [0, 0.1) is 17.7 Å². The Morgan fingerprint density at radius 3 is 2.39 bits per heavy atom. The molecule has 3 aliphatic rings. The molecule has 11 heteroatoms. The van der Waals surface area contributed by atoms with Crippen molar-refractivity contribution in [2.75, 3.05) is 34.7 Å². The van der Waals surface area contributed by atoms with Gasteiger partial charge in [-0.2, -0.15) is 0 Å². The van der Waals surface area contributed by atoms with Crippen LogP contribution in [0.1, 0.15) is 23.1 Å². The molecule has 0 radical (unpaired) electrons. The summed E-state index contributed by atoms with van der Waals surface area (Å²) < 4.78 is 15.5. The smallest absolute Gasteiger partial charge is 0.255 e. The van der Waals surface area contributed by atoms with Gasteiger partial charge >= 0.3 is 0 Å². The van der Waals surface area contributed by atoms with Crippen LogP contribution in [0.25, 0.3) is 5.76 Å². The molecule has 36 heavy (non-hydrogen) atoms. The lowest BCUT2D eigenvalue weighted by Gasteiger charge is -2.50. The summed E-state index contributed by atoms with van der Waals surface area (Å²) in [6, 6.07) is 0.0101. The Kier molecular flexibility index (Phi) is 6.22. The van der Waals surface area contributed by atoms with Crippen molar-refractivity contribution in [1.82, 2.24) is 9.80 Å². The second-order valence-electron chi connectivity index (χ2n) is 10.2. The quantitative estimate of drug-likeness (QED) is 0.353. The third-order valence-electron chi connectivity index (χ3n) is 7.56. The zero-order valence-electron chi connectivity index (χ0n) is 20.5. The lowest BCUT2D eigenvalue weighted by atomic mass is 9.57. The summed E-state index contributed by atoms with van der Waals surface area (Å²) in [5.74, 6) is -8.18. The van der Waals surface area contributed by atoms with Gasteiger partial charge in [0.15, 0.2) is 11.4 Å². The molecule has 4 atom stereocenters. The predicted molar refractivity (Wildman–Crippen MR) is 126 cm³/mol. The predicted octanol–water partition coefficient (Wildman–Crippen LogP) is 0.207. The Balaban J connectivity index is 1.91. The fourth-order valence-electron chi connectivity index (χ4n) is 5.87. The molecule has 0 spiro atoms. The van der Waals surface area contributed by atoms with Gasteiger partial charge in [0.1, 0.15) is 28.7 Å². The van der Waals surface area contributed by atoms with E-state index in [1.807, 2.05) is 19.0 Å². The SMILES string of the molecule is CN(C)CCc1cc(O)c2c(c1F)C[C@H]1C[C@H]3[C@H](N(C)C)C(=O)C(C(N)=O)=C(O)[C@@]3(O)C(=O)C1=C2O. The zero-order chi connectivity index (χ0) is 26.9. The molecule has 1 amide bonds. The van der Waals surface area contributed by atoms with Crippen LogP contribution in [0.3, 0.4) is 0 Å². The molecular weight excluding hydrogens is 473 g/mol. The molecule has 1 aromatic carbocycles. The number of Topliss-reactive ketones (excluding diaryl/α,β-unsaturated/α-hetero) is 2. The summed E-state index contributed by atoms with van der Waals surface area (Å²) in [5.41, 5.74) is 1.43. The van der Waals surface area contributed by atoms with E-state index >= 15 is 4.39 Å². The van der Waals surface area contributed by atoms with E-state index in [1.165, 1.54) is 25.1 Å². The molecule has 0 bridgehead atoms. The van der Waals surface area contributed by atoms with Gasteiger partial charge < -0.3 is 31.1 Å². The van der Waals surface area contributed by atoms with Crippen molar-refractivity contribution in [1.29, 1.82) is 0 Å². The van der Waals surface area contributed by atoms with Crippen molar-refractivity contribution in [2.24, 2.45) is 17.6 Å². The Bertz CT molecular complexity index is 1250. The number of benzene rings is 1. The standard InChI is InChI=1S/C25H30FN3O7/c1-28(2)6-5-10-9-14(30)16-12(18(10)26)7-11-8-13-19(29(3)4)21(32)17(24(27)35)23(34)25(13,36)22(33)15(11)20(16)31/h9,11,13,19,30-31,34,36H,5-8H2,1-4H3,(H2,27,35)/t11-,13-,19-,25-/m0/s1. The largest absolute Gasteiger partial charge is 0.508 e. The molecule has 0 aromatic heterocycles. The molecule has 0 unspecified atom stereocenters. The topological polar surface area (TPSA) is 165 Å². The van der Waals surface area contributed by atoms with Crippen molar-refractivity contribution < 1.29 is 39.2 Å². The highest BCUT2D eigenvalue weighted by atomic mass is 19.1. The third-order valence-corrected chi connectivity index (χ3v) is 7.56. The van der Waals surface area contributed by atoms with Crippen LogP contribution in [0.15, 0.2) is 23.0 Å². The molecule has 0 heterocycles. The molecule has 1 aromatic rings. The highest BCUT2D eigenvalue weighted by Gasteiger charge is 2.64. The number of carbonyl (C=O) groups excluding carboxylic acids is 3. The average Bonchev–Trinajstić information content (AvgIpc) is 2.77. The van der Waals surface area contributed by atoms with Crippen molar-refractivity contribution in [3.8, 4) is 5.75 Å². The summed E-state index contributed by atoms with van der Waals surface area (Å²) in [5, 5.41) is 44.1. The number of phenolic OH excluding ortho intramolecular Hbond substituents is 1. The summed E-state index contributed by atoms with van der Waals surface area (Å²) in [4.78, 5) is 42.0. The first kappa shape index (κ1) is 25.8. The minimum Gasteiger partial charge on any atom is -0.508 e. The van der Waals surface area contributed by atoms with Crippen LogP contribution in [0.2, 0.25) is 0 Å². The van der Waals surface area contributed by atoms with Gasteiger partial charge in [-0.3, -0.25) is 19.3 Å². The molecule has 1 saturated carbocycles. The maximum atomic E-state index is 15.5. The average molecular weight is 504 g/mol. The molecular formula is C25H30FN3O7. The number of nitrogens with two attached hydrogens (primary N) is 1. The number of fused-ring (bicyclic) bond motifs is 3. The maximum Gasteiger partial charge on any atom is 0.255 e. The number of nitrogens with zero attached hydrogens (tertiary/aromatic N) is 2. The number of rotatable bonds is 5. The number of amides is 1. The number of carbonyl (C=O) groups is 3. The molecule has 0 aliphatic heterocycles. The Hall–Kier alpha value is -3.28. The monoisotopic (exact) mass is 503 g/mol. The normalized spacial score (nSPS) is 27.9. The minimum atomic E-state index is -2.72. The number of ketones is 2. The number of primary amides is 1. The number of halogens is 1. The van der Waals surface area contributed by atoms with Crippen LogP contribution in [0.4, 0.5) is 4.39 Å². The third kappa shape index (κ3) is 3.53. The molecule has 0 saturated heterocycles. The van der Waals surface area contributed by atoms with E-state index in [4.69, 9.17) is 5.73 Å². The van der Waals surface area contributed by atoms with Crippen molar-refractivity contribution >= 4 is 23.2 Å². The van der Waals surface area contributed by atoms with Gasteiger partial charge in [-0.1, -0.05) is 0 Å². The van der Waals surface area contributed by atoms with Crippen LogP contribution in [0.5, 0.6) is 5.75 Å². The van der Waals surface area contributed by atoms with E-state index in [-0.39, 0.29) is 35.1 Å². The van der Waals surface area contributed by atoms with Crippen molar-refractivity contribution in [3.05, 3.63) is 45.5 Å². The van der Waals surface area contributed by atoms with Gasteiger partial charge in [-0.25, -0.2) is 4.39 Å². The number of hydrogen-bond donors (Lipinski definition) is 5. The van der Waals surface area contributed by atoms with Gasteiger partial charge in [0, 0.05) is 23.6 Å². The fraction of sp³-hybridized carbons (Fsp3) is 0.480. The first-order chi connectivity index (χ1) is 16.7. The molecule has 194 valence electrons. The number of aliphatic hydroxyl groups excluding tert-OH is 2. The van der Waals surface area contributed by atoms with E-state index in [0.29, 0.717) is 13.0 Å². The van der Waals surface area contributed by atoms with E-state index < -0.39 is 69.6 Å². The van der Waals surface area contributed by atoms with E-state index in [1.54, 1.807) is 0 Å². The van der Waals surface area contributed by atoms with Crippen LogP contribution >= 0.6 is 0 Å². The van der Waals surface area contributed by atoms with Crippen LogP contribution in [-0.4, -0.2) is 94.1 Å². The van der Waals surface area contributed by atoms with Gasteiger partial charge in [-0.15, -0.1) is 0 Å².